The van der Waals surface area contributed by atoms with E-state index in [9.17, 15) is 0 Å². The number of hydrogen-bond acceptors (Lipinski definition) is 3. The molecule has 0 amide bonds. The Morgan fingerprint density at radius 1 is 1.33 bits per heavy atom. The largest absolute Gasteiger partial charge is 0.374 e. The minimum Gasteiger partial charge on any atom is -0.374 e. The molecule has 1 aliphatic rings. The SMILES string of the molecule is CNCC1CN(Cc2c(C)cccc2C)CCO1. The van der Waals surface area contributed by atoms with Crippen LogP contribution in [0.5, 0.6) is 0 Å². The van der Waals surface area contributed by atoms with Crippen LogP contribution in [-0.4, -0.2) is 44.3 Å². The molecule has 0 aromatic heterocycles. The topological polar surface area (TPSA) is 24.5 Å². The summed E-state index contributed by atoms with van der Waals surface area (Å²) in [6.45, 7) is 9.28. The normalized spacial score (nSPS) is 21.2. The van der Waals surface area contributed by atoms with Crippen molar-refractivity contribution in [2.75, 3.05) is 33.3 Å². The maximum absolute atomic E-state index is 5.74. The first-order chi connectivity index (χ1) is 8.70. The average molecular weight is 248 g/mol. The van der Waals surface area contributed by atoms with Gasteiger partial charge in [0.05, 0.1) is 12.7 Å². The van der Waals surface area contributed by atoms with E-state index in [4.69, 9.17) is 4.74 Å². The highest BCUT2D eigenvalue weighted by Crippen LogP contribution is 2.17. The summed E-state index contributed by atoms with van der Waals surface area (Å²) < 4.78 is 5.74. The summed E-state index contributed by atoms with van der Waals surface area (Å²) >= 11 is 0. The Kier molecular flexibility index (Phi) is 4.75. The van der Waals surface area contributed by atoms with E-state index in [1.165, 1.54) is 16.7 Å². The second-order valence-corrected chi connectivity index (χ2v) is 5.16. The molecular formula is C15H24N2O. The van der Waals surface area contributed by atoms with E-state index in [1.807, 2.05) is 7.05 Å². The van der Waals surface area contributed by atoms with Gasteiger partial charge in [-0.25, -0.2) is 0 Å². The van der Waals surface area contributed by atoms with E-state index in [-0.39, 0.29) is 0 Å². The first-order valence-corrected chi connectivity index (χ1v) is 6.74. The molecule has 1 atom stereocenters. The minimum atomic E-state index is 0.327. The van der Waals surface area contributed by atoms with Crippen molar-refractivity contribution >= 4 is 0 Å². The molecule has 3 heteroatoms. The molecule has 0 saturated carbocycles. The average Bonchev–Trinajstić information content (AvgIpc) is 2.35. The third-order valence-corrected chi connectivity index (χ3v) is 3.68. The van der Waals surface area contributed by atoms with Crippen LogP contribution in [0.3, 0.4) is 0 Å². The van der Waals surface area contributed by atoms with Crippen molar-refractivity contribution in [2.24, 2.45) is 0 Å². The molecule has 0 spiro atoms. The highest BCUT2D eigenvalue weighted by molar-refractivity contribution is 5.33. The molecular weight excluding hydrogens is 224 g/mol. The zero-order valence-electron chi connectivity index (χ0n) is 11.7. The van der Waals surface area contributed by atoms with Crippen molar-refractivity contribution in [3.63, 3.8) is 0 Å². The van der Waals surface area contributed by atoms with Gasteiger partial charge < -0.3 is 10.1 Å². The quantitative estimate of drug-likeness (QED) is 0.878. The zero-order valence-corrected chi connectivity index (χ0v) is 11.7. The zero-order chi connectivity index (χ0) is 13.0. The highest BCUT2D eigenvalue weighted by Gasteiger charge is 2.20. The van der Waals surface area contributed by atoms with Crippen LogP contribution in [0.1, 0.15) is 16.7 Å². The summed E-state index contributed by atoms with van der Waals surface area (Å²) in [6.07, 6.45) is 0.327. The number of nitrogens with one attached hydrogen (secondary N) is 1. The van der Waals surface area contributed by atoms with Crippen molar-refractivity contribution in [3.05, 3.63) is 34.9 Å². The lowest BCUT2D eigenvalue weighted by atomic mass is 10.0. The van der Waals surface area contributed by atoms with Crippen LogP contribution in [0.2, 0.25) is 0 Å². The first-order valence-electron chi connectivity index (χ1n) is 6.74. The van der Waals surface area contributed by atoms with E-state index in [0.717, 1.165) is 32.8 Å². The molecule has 1 N–H and O–H groups in total. The second kappa shape index (κ2) is 6.32. The molecule has 3 nitrogen and oxygen atoms in total. The molecule has 18 heavy (non-hydrogen) atoms. The van der Waals surface area contributed by atoms with E-state index in [0.29, 0.717) is 6.10 Å². The molecule has 2 rings (SSSR count). The van der Waals surface area contributed by atoms with Crippen LogP contribution in [0.15, 0.2) is 18.2 Å². The van der Waals surface area contributed by atoms with Crippen LogP contribution >= 0.6 is 0 Å². The van der Waals surface area contributed by atoms with Crippen molar-refractivity contribution in [3.8, 4) is 0 Å². The predicted molar refractivity (Wildman–Crippen MR) is 74.9 cm³/mol. The van der Waals surface area contributed by atoms with Crippen LogP contribution in [-0.2, 0) is 11.3 Å². The van der Waals surface area contributed by atoms with Crippen molar-refractivity contribution in [1.29, 1.82) is 0 Å². The summed E-state index contributed by atoms with van der Waals surface area (Å²) in [5, 5.41) is 3.19. The Morgan fingerprint density at radius 3 is 2.72 bits per heavy atom. The number of aryl methyl sites for hydroxylation is 2. The molecule has 0 aliphatic carbocycles. The Labute approximate surface area is 110 Å². The van der Waals surface area contributed by atoms with Gasteiger partial charge in [0.25, 0.3) is 0 Å². The number of benzene rings is 1. The van der Waals surface area contributed by atoms with Gasteiger partial charge in [0, 0.05) is 26.2 Å². The predicted octanol–water partition coefficient (Wildman–Crippen LogP) is 1.72. The number of nitrogens with zero attached hydrogens (tertiary/aromatic N) is 1. The number of hydrogen-bond donors (Lipinski definition) is 1. The van der Waals surface area contributed by atoms with Gasteiger partial charge in [-0.15, -0.1) is 0 Å². The maximum Gasteiger partial charge on any atom is 0.0826 e. The van der Waals surface area contributed by atoms with Gasteiger partial charge in [0.1, 0.15) is 0 Å². The molecule has 0 radical (unpaired) electrons. The van der Waals surface area contributed by atoms with Crippen LogP contribution in [0.25, 0.3) is 0 Å². The van der Waals surface area contributed by atoms with Gasteiger partial charge in [0.15, 0.2) is 0 Å². The van der Waals surface area contributed by atoms with Gasteiger partial charge in [0.2, 0.25) is 0 Å². The summed E-state index contributed by atoms with van der Waals surface area (Å²) in [6, 6.07) is 6.54. The van der Waals surface area contributed by atoms with E-state index in [1.54, 1.807) is 0 Å². The smallest absolute Gasteiger partial charge is 0.0826 e. The van der Waals surface area contributed by atoms with E-state index < -0.39 is 0 Å². The fraction of sp³-hybridized carbons (Fsp3) is 0.600. The molecule has 1 fully saturated rings. The Hall–Kier alpha value is -0.900. The third kappa shape index (κ3) is 3.31. The fourth-order valence-corrected chi connectivity index (χ4v) is 2.60. The lowest BCUT2D eigenvalue weighted by Crippen LogP contribution is -2.45. The number of ether oxygens (including phenoxy) is 1. The molecule has 1 aromatic rings. The summed E-state index contributed by atoms with van der Waals surface area (Å²) in [4.78, 5) is 2.50. The first kappa shape index (κ1) is 13.5. The van der Waals surface area contributed by atoms with Gasteiger partial charge in [-0.05, 0) is 37.6 Å². The lowest BCUT2D eigenvalue weighted by molar-refractivity contribution is -0.0292. The summed E-state index contributed by atoms with van der Waals surface area (Å²) in [7, 11) is 1.98. The monoisotopic (exact) mass is 248 g/mol. The molecule has 1 saturated heterocycles. The molecule has 1 aliphatic heterocycles. The molecule has 1 heterocycles. The number of morpholine rings is 1. The van der Waals surface area contributed by atoms with E-state index in [2.05, 4.69) is 42.3 Å². The maximum atomic E-state index is 5.74. The second-order valence-electron chi connectivity index (χ2n) is 5.16. The van der Waals surface area contributed by atoms with Crippen LogP contribution < -0.4 is 5.32 Å². The van der Waals surface area contributed by atoms with Gasteiger partial charge in [-0.3, -0.25) is 4.90 Å². The number of likely N-dealkylation sites (N-methyl/N-ethyl adjacent to an activating group) is 1. The fourth-order valence-electron chi connectivity index (χ4n) is 2.60. The highest BCUT2D eigenvalue weighted by atomic mass is 16.5. The Morgan fingerprint density at radius 2 is 2.06 bits per heavy atom. The number of rotatable bonds is 4. The van der Waals surface area contributed by atoms with Crippen molar-refractivity contribution in [2.45, 2.75) is 26.5 Å². The Bertz CT molecular complexity index is 370. The minimum absolute atomic E-state index is 0.327. The van der Waals surface area contributed by atoms with Gasteiger partial charge in [-0.2, -0.15) is 0 Å². The Balaban J connectivity index is 2.00. The standard InChI is InChI=1S/C15H24N2O/c1-12-5-4-6-13(2)15(12)11-17-7-8-18-14(10-17)9-16-3/h4-6,14,16H,7-11H2,1-3H3. The van der Waals surface area contributed by atoms with Gasteiger partial charge in [-0.1, -0.05) is 18.2 Å². The van der Waals surface area contributed by atoms with Crippen molar-refractivity contribution < 1.29 is 4.74 Å². The lowest BCUT2D eigenvalue weighted by Gasteiger charge is -2.33. The molecule has 1 unspecified atom stereocenters. The van der Waals surface area contributed by atoms with E-state index >= 15 is 0 Å². The van der Waals surface area contributed by atoms with Crippen molar-refractivity contribution in [1.82, 2.24) is 10.2 Å². The summed E-state index contributed by atoms with van der Waals surface area (Å²) in [5.41, 5.74) is 4.26. The van der Waals surface area contributed by atoms with Gasteiger partial charge >= 0.3 is 0 Å². The molecule has 0 bridgehead atoms. The third-order valence-electron chi connectivity index (χ3n) is 3.68. The molecule has 100 valence electrons. The molecule has 1 aromatic carbocycles. The van der Waals surface area contributed by atoms with Crippen LogP contribution in [0.4, 0.5) is 0 Å². The van der Waals surface area contributed by atoms with Crippen LogP contribution in [0, 0.1) is 13.8 Å². The summed E-state index contributed by atoms with van der Waals surface area (Å²) in [5.74, 6) is 0.